The topological polar surface area (TPSA) is 13.1 Å². The van der Waals surface area contributed by atoms with E-state index >= 15 is 0 Å². The smallest absolute Gasteiger partial charge is 0.140 e. The van der Waals surface area contributed by atoms with E-state index in [9.17, 15) is 0 Å². The fourth-order valence-corrected chi connectivity index (χ4v) is 0.999. The van der Waals surface area contributed by atoms with E-state index in [1.54, 1.807) is 6.26 Å². The van der Waals surface area contributed by atoms with E-state index < -0.39 is 0 Å². The lowest BCUT2D eigenvalue weighted by atomic mass is 10.4. The molecular formula is C7H6BrClO. The molecule has 0 N–H and O–H groups in total. The van der Waals surface area contributed by atoms with E-state index in [1.165, 1.54) is 0 Å². The van der Waals surface area contributed by atoms with Crippen LogP contribution in [-0.4, -0.2) is 5.88 Å². The third kappa shape index (κ3) is 1.89. The van der Waals surface area contributed by atoms with Crippen LogP contribution in [0.3, 0.4) is 0 Å². The zero-order valence-corrected chi connectivity index (χ0v) is 7.52. The summed E-state index contributed by atoms with van der Waals surface area (Å²) in [5.41, 5.74) is 0. The SMILES string of the molecule is ClCC=Cc1occc1Br. The van der Waals surface area contributed by atoms with Crippen LogP contribution in [-0.2, 0) is 0 Å². The van der Waals surface area contributed by atoms with Crippen LogP contribution in [0.1, 0.15) is 5.76 Å². The first-order valence-electron chi connectivity index (χ1n) is 2.80. The van der Waals surface area contributed by atoms with Gasteiger partial charge in [0, 0.05) is 5.88 Å². The summed E-state index contributed by atoms with van der Waals surface area (Å²) in [5.74, 6) is 1.31. The van der Waals surface area contributed by atoms with Gasteiger partial charge in [0.15, 0.2) is 0 Å². The van der Waals surface area contributed by atoms with Crippen molar-refractivity contribution in [1.82, 2.24) is 0 Å². The van der Waals surface area contributed by atoms with Crippen molar-refractivity contribution in [2.24, 2.45) is 0 Å². The predicted molar refractivity (Wildman–Crippen MR) is 46.2 cm³/mol. The summed E-state index contributed by atoms with van der Waals surface area (Å²) in [6.45, 7) is 0. The van der Waals surface area contributed by atoms with Crippen molar-refractivity contribution in [3.8, 4) is 0 Å². The standard InChI is InChI=1S/C7H6BrClO/c8-6-3-5-10-7(6)2-1-4-9/h1-3,5H,4H2. The molecule has 0 aliphatic carbocycles. The third-order valence-electron chi connectivity index (χ3n) is 1.00. The number of hydrogen-bond donors (Lipinski definition) is 0. The minimum atomic E-state index is 0.507. The van der Waals surface area contributed by atoms with Crippen molar-refractivity contribution < 1.29 is 4.42 Å². The van der Waals surface area contributed by atoms with E-state index in [2.05, 4.69) is 15.9 Å². The lowest BCUT2D eigenvalue weighted by Crippen LogP contribution is -1.64. The second kappa shape index (κ2) is 3.84. The molecule has 0 amide bonds. The Morgan fingerprint density at radius 1 is 1.70 bits per heavy atom. The first-order valence-corrected chi connectivity index (χ1v) is 4.13. The summed E-state index contributed by atoms with van der Waals surface area (Å²) in [5, 5.41) is 0. The highest BCUT2D eigenvalue weighted by Gasteiger charge is 1.95. The van der Waals surface area contributed by atoms with E-state index in [4.69, 9.17) is 16.0 Å². The van der Waals surface area contributed by atoms with Crippen LogP contribution in [0.4, 0.5) is 0 Å². The molecular weight excluding hydrogens is 215 g/mol. The maximum absolute atomic E-state index is 5.43. The zero-order valence-electron chi connectivity index (χ0n) is 5.18. The van der Waals surface area contributed by atoms with Gasteiger partial charge in [-0.25, -0.2) is 0 Å². The molecule has 54 valence electrons. The van der Waals surface area contributed by atoms with Crippen LogP contribution < -0.4 is 0 Å². The number of furan rings is 1. The van der Waals surface area contributed by atoms with Crippen LogP contribution in [0.5, 0.6) is 0 Å². The number of hydrogen-bond acceptors (Lipinski definition) is 1. The molecule has 0 saturated heterocycles. The highest BCUT2D eigenvalue weighted by atomic mass is 79.9. The molecule has 0 atom stereocenters. The van der Waals surface area contributed by atoms with Crippen LogP contribution in [0.2, 0.25) is 0 Å². The van der Waals surface area contributed by atoms with Gasteiger partial charge in [0.2, 0.25) is 0 Å². The predicted octanol–water partition coefficient (Wildman–Crippen LogP) is 3.29. The summed E-state index contributed by atoms with van der Waals surface area (Å²) in [7, 11) is 0. The Morgan fingerprint density at radius 2 is 2.50 bits per heavy atom. The Kier molecular flexibility index (Phi) is 3.03. The minimum absolute atomic E-state index is 0.507. The number of alkyl halides is 1. The van der Waals surface area contributed by atoms with E-state index in [1.807, 2.05) is 18.2 Å². The van der Waals surface area contributed by atoms with Gasteiger partial charge in [0.1, 0.15) is 5.76 Å². The van der Waals surface area contributed by atoms with Gasteiger partial charge in [0.05, 0.1) is 10.7 Å². The van der Waals surface area contributed by atoms with Crippen molar-refractivity contribution in [2.75, 3.05) is 5.88 Å². The summed E-state index contributed by atoms with van der Waals surface area (Å²) in [4.78, 5) is 0. The van der Waals surface area contributed by atoms with Crippen LogP contribution in [0, 0.1) is 0 Å². The molecule has 1 rings (SSSR count). The first kappa shape index (κ1) is 7.89. The Balaban J connectivity index is 2.74. The molecule has 0 aliphatic heterocycles. The first-order chi connectivity index (χ1) is 4.84. The van der Waals surface area contributed by atoms with Gasteiger partial charge < -0.3 is 4.42 Å². The van der Waals surface area contributed by atoms with E-state index in [0.29, 0.717) is 5.88 Å². The number of rotatable bonds is 2. The molecule has 0 unspecified atom stereocenters. The van der Waals surface area contributed by atoms with Crippen molar-refractivity contribution in [3.05, 3.63) is 28.6 Å². The van der Waals surface area contributed by atoms with Gasteiger partial charge in [-0.15, -0.1) is 11.6 Å². The van der Waals surface area contributed by atoms with Crippen molar-refractivity contribution in [2.45, 2.75) is 0 Å². The summed E-state index contributed by atoms with van der Waals surface area (Å²) >= 11 is 8.74. The Labute approximate surface area is 72.8 Å². The Hall–Kier alpha value is -0.210. The van der Waals surface area contributed by atoms with Gasteiger partial charge in [-0.2, -0.15) is 0 Å². The van der Waals surface area contributed by atoms with Crippen molar-refractivity contribution in [1.29, 1.82) is 0 Å². The second-order valence-electron chi connectivity index (χ2n) is 1.69. The highest BCUT2D eigenvalue weighted by Crippen LogP contribution is 2.18. The molecule has 1 aromatic rings. The lowest BCUT2D eigenvalue weighted by molar-refractivity contribution is 0.555. The maximum atomic E-state index is 5.43. The molecule has 1 heterocycles. The van der Waals surface area contributed by atoms with E-state index in [-0.39, 0.29) is 0 Å². The molecule has 3 heteroatoms. The molecule has 1 nitrogen and oxygen atoms in total. The second-order valence-corrected chi connectivity index (χ2v) is 2.85. The lowest BCUT2D eigenvalue weighted by Gasteiger charge is -1.83. The van der Waals surface area contributed by atoms with Gasteiger partial charge in [-0.05, 0) is 28.1 Å². The molecule has 0 aromatic carbocycles. The fourth-order valence-electron chi connectivity index (χ4n) is 0.576. The molecule has 0 radical (unpaired) electrons. The quantitative estimate of drug-likeness (QED) is 0.699. The molecule has 10 heavy (non-hydrogen) atoms. The third-order valence-corrected chi connectivity index (χ3v) is 1.84. The fraction of sp³-hybridized carbons (Fsp3) is 0.143. The van der Waals surface area contributed by atoms with Gasteiger partial charge in [-0.1, -0.05) is 6.08 Å². The molecule has 0 spiro atoms. The minimum Gasteiger partial charge on any atom is -0.464 e. The normalized spacial score (nSPS) is 11.0. The summed E-state index contributed by atoms with van der Waals surface area (Å²) < 4.78 is 6.03. The molecule has 0 fully saturated rings. The van der Waals surface area contributed by atoms with Gasteiger partial charge in [-0.3, -0.25) is 0 Å². The van der Waals surface area contributed by atoms with Crippen molar-refractivity contribution >= 4 is 33.6 Å². The number of allylic oxidation sites excluding steroid dienone is 1. The molecule has 0 bridgehead atoms. The Bertz CT molecular complexity index is 229. The van der Waals surface area contributed by atoms with Crippen LogP contribution in [0.25, 0.3) is 6.08 Å². The number of halogens is 2. The van der Waals surface area contributed by atoms with E-state index in [0.717, 1.165) is 10.2 Å². The largest absolute Gasteiger partial charge is 0.464 e. The molecule has 0 saturated carbocycles. The highest BCUT2D eigenvalue weighted by molar-refractivity contribution is 9.10. The van der Waals surface area contributed by atoms with Crippen molar-refractivity contribution in [3.63, 3.8) is 0 Å². The Morgan fingerprint density at radius 3 is 3.00 bits per heavy atom. The average molecular weight is 221 g/mol. The summed E-state index contributed by atoms with van der Waals surface area (Å²) in [6.07, 6.45) is 5.28. The maximum Gasteiger partial charge on any atom is 0.140 e. The summed E-state index contributed by atoms with van der Waals surface area (Å²) in [6, 6.07) is 1.84. The average Bonchev–Trinajstić information content (AvgIpc) is 2.31. The van der Waals surface area contributed by atoms with Gasteiger partial charge in [0.25, 0.3) is 0 Å². The zero-order chi connectivity index (χ0) is 7.40. The van der Waals surface area contributed by atoms with Gasteiger partial charge >= 0.3 is 0 Å². The monoisotopic (exact) mass is 220 g/mol. The molecule has 0 aliphatic rings. The van der Waals surface area contributed by atoms with Crippen LogP contribution >= 0.6 is 27.5 Å². The van der Waals surface area contributed by atoms with Crippen LogP contribution in [0.15, 0.2) is 27.3 Å². The molecule has 1 aromatic heterocycles.